The first kappa shape index (κ1) is 14.2. The number of ether oxygens (including phenoxy) is 1. The third-order valence-electron chi connectivity index (χ3n) is 3.07. The van der Waals surface area contributed by atoms with Gasteiger partial charge in [0, 0.05) is 6.20 Å². The van der Waals surface area contributed by atoms with Gasteiger partial charge in [0.15, 0.2) is 0 Å². The molecular formula is C14H18N4O2. The SMILES string of the molecule is CCOC(=O)c1nnc(C)n1Cc1ncccc1CC. The van der Waals surface area contributed by atoms with E-state index in [1.165, 1.54) is 0 Å². The van der Waals surface area contributed by atoms with Crippen molar-refractivity contribution in [2.45, 2.75) is 33.7 Å². The average Bonchev–Trinajstić information content (AvgIpc) is 2.81. The highest BCUT2D eigenvalue weighted by Gasteiger charge is 2.19. The van der Waals surface area contributed by atoms with Crippen molar-refractivity contribution in [2.24, 2.45) is 0 Å². The molecule has 0 unspecified atom stereocenters. The molecule has 0 aliphatic rings. The smallest absolute Gasteiger partial charge is 0.376 e. The van der Waals surface area contributed by atoms with Gasteiger partial charge >= 0.3 is 5.97 Å². The summed E-state index contributed by atoms with van der Waals surface area (Å²) in [5.41, 5.74) is 2.07. The molecule has 106 valence electrons. The number of aryl methyl sites for hydroxylation is 2. The molecule has 2 heterocycles. The molecule has 0 amide bonds. The second kappa shape index (κ2) is 6.27. The molecule has 0 spiro atoms. The number of carbonyl (C=O) groups excluding carboxylic acids is 1. The molecule has 2 aromatic heterocycles. The van der Waals surface area contributed by atoms with E-state index in [0.29, 0.717) is 19.0 Å². The fourth-order valence-corrected chi connectivity index (χ4v) is 2.00. The van der Waals surface area contributed by atoms with Gasteiger partial charge in [-0.05, 0) is 31.9 Å². The zero-order valence-corrected chi connectivity index (χ0v) is 12.0. The Morgan fingerprint density at radius 2 is 2.15 bits per heavy atom. The van der Waals surface area contributed by atoms with Crippen LogP contribution in [-0.2, 0) is 17.7 Å². The molecule has 0 saturated heterocycles. The molecule has 2 rings (SSSR count). The number of pyridine rings is 1. The van der Waals surface area contributed by atoms with Crippen LogP contribution in [0.2, 0.25) is 0 Å². The van der Waals surface area contributed by atoms with Crippen LogP contribution >= 0.6 is 0 Å². The molecule has 0 atom stereocenters. The van der Waals surface area contributed by atoms with E-state index in [1.54, 1.807) is 17.7 Å². The van der Waals surface area contributed by atoms with Crippen molar-refractivity contribution in [3.8, 4) is 0 Å². The maximum absolute atomic E-state index is 11.9. The van der Waals surface area contributed by atoms with Crippen LogP contribution in [0.4, 0.5) is 0 Å². The third kappa shape index (κ3) is 2.84. The number of aromatic nitrogens is 4. The minimum Gasteiger partial charge on any atom is -0.460 e. The maximum atomic E-state index is 11.9. The second-order valence-electron chi connectivity index (χ2n) is 4.34. The van der Waals surface area contributed by atoms with E-state index >= 15 is 0 Å². The number of hydrogen-bond donors (Lipinski definition) is 0. The lowest BCUT2D eigenvalue weighted by molar-refractivity contribution is 0.0506. The molecule has 0 radical (unpaired) electrons. The number of carbonyl (C=O) groups is 1. The van der Waals surface area contributed by atoms with E-state index < -0.39 is 5.97 Å². The summed E-state index contributed by atoms with van der Waals surface area (Å²) in [5, 5.41) is 7.85. The molecule has 0 aliphatic heterocycles. The Balaban J connectivity index is 2.33. The fraction of sp³-hybridized carbons (Fsp3) is 0.429. The number of esters is 1. The van der Waals surface area contributed by atoms with Gasteiger partial charge < -0.3 is 4.74 Å². The highest BCUT2D eigenvalue weighted by atomic mass is 16.5. The zero-order chi connectivity index (χ0) is 14.5. The second-order valence-corrected chi connectivity index (χ2v) is 4.34. The van der Waals surface area contributed by atoms with Crippen LogP contribution < -0.4 is 0 Å². The summed E-state index contributed by atoms with van der Waals surface area (Å²) < 4.78 is 6.73. The first-order valence-corrected chi connectivity index (χ1v) is 6.67. The first-order valence-electron chi connectivity index (χ1n) is 6.67. The Morgan fingerprint density at radius 3 is 2.85 bits per heavy atom. The van der Waals surface area contributed by atoms with Crippen molar-refractivity contribution >= 4 is 5.97 Å². The topological polar surface area (TPSA) is 69.9 Å². The van der Waals surface area contributed by atoms with E-state index in [0.717, 1.165) is 17.7 Å². The lowest BCUT2D eigenvalue weighted by atomic mass is 10.1. The zero-order valence-electron chi connectivity index (χ0n) is 12.0. The number of nitrogens with zero attached hydrogens (tertiary/aromatic N) is 4. The van der Waals surface area contributed by atoms with Crippen molar-refractivity contribution in [1.82, 2.24) is 19.7 Å². The van der Waals surface area contributed by atoms with Gasteiger partial charge in [-0.25, -0.2) is 4.79 Å². The maximum Gasteiger partial charge on any atom is 0.376 e. The summed E-state index contributed by atoms with van der Waals surface area (Å²) in [6, 6.07) is 3.94. The Morgan fingerprint density at radius 1 is 1.35 bits per heavy atom. The molecule has 0 bridgehead atoms. The highest BCUT2D eigenvalue weighted by Crippen LogP contribution is 2.11. The molecule has 6 nitrogen and oxygen atoms in total. The van der Waals surface area contributed by atoms with E-state index in [4.69, 9.17) is 4.74 Å². The lowest BCUT2D eigenvalue weighted by Crippen LogP contribution is -2.16. The summed E-state index contributed by atoms with van der Waals surface area (Å²) >= 11 is 0. The van der Waals surface area contributed by atoms with Gasteiger partial charge in [0.25, 0.3) is 0 Å². The fourth-order valence-electron chi connectivity index (χ4n) is 2.00. The van der Waals surface area contributed by atoms with Crippen molar-refractivity contribution < 1.29 is 9.53 Å². The van der Waals surface area contributed by atoms with Crippen molar-refractivity contribution in [2.75, 3.05) is 6.61 Å². The number of rotatable bonds is 5. The molecule has 0 saturated carbocycles. The van der Waals surface area contributed by atoms with Crippen molar-refractivity contribution in [3.63, 3.8) is 0 Å². The van der Waals surface area contributed by atoms with E-state index in [-0.39, 0.29) is 5.82 Å². The molecule has 0 aliphatic carbocycles. The summed E-state index contributed by atoms with van der Waals surface area (Å²) in [5.74, 6) is 0.430. The predicted molar refractivity (Wildman–Crippen MR) is 73.4 cm³/mol. The molecule has 2 aromatic rings. The van der Waals surface area contributed by atoms with Crippen LogP contribution in [0.3, 0.4) is 0 Å². The molecule has 0 aromatic carbocycles. The van der Waals surface area contributed by atoms with Gasteiger partial charge in [0.1, 0.15) is 5.82 Å². The normalized spacial score (nSPS) is 10.6. The van der Waals surface area contributed by atoms with Gasteiger partial charge in [-0.1, -0.05) is 13.0 Å². The van der Waals surface area contributed by atoms with Crippen LogP contribution in [0.5, 0.6) is 0 Å². The van der Waals surface area contributed by atoms with Crippen molar-refractivity contribution in [1.29, 1.82) is 0 Å². The van der Waals surface area contributed by atoms with Crippen LogP contribution in [0.15, 0.2) is 18.3 Å². The third-order valence-corrected chi connectivity index (χ3v) is 3.07. The summed E-state index contributed by atoms with van der Waals surface area (Å²) in [6.45, 7) is 6.43. The van der Waals surface area contributed by atoms with Crippen LogP contribution in [0.25, 0.3) is 0 Å². The van der Waals surface area contributed by atoms with Crippen LogP contribution in [0, 0.1) is 6.92 Å². The molecule has 6 heteroatoms. The molecule has 0 N–H and O–H groups in total. The Hall–Kier alpha value is -2.24. The summed E-state index contributed by atoms with van der Waals surface area (Å²) in [4.78, 5) is 16.2. The lowest BCUT2D eigenvalue weighted by Gasteiger charge is -2.10. The summed E-state index contributed by atoms with van der Waals surface area (Å²) in [7, 11) is 0. The predicted octanol–water partition coefficient (Wildman–Crippen LogP) is 1.77. The van der Waals surface area contributed by atoms with Crippen LogP contribution in [-0.4, -0.2) is 32.3 Å². The molecular weight excluding hydrogens is 256 g/mol. The van der Waals surface area contributed by atoms with Gasteiger partial charge in [0.05, 0.1) is 18.8 Å². The number of hydrogen-bond acceptors (Lipinski definition) is 5. The standard InChI is InChI=1S/C14H18N4O2/c1-4-11-7-6-8-15-12(11)9-18-10(3)16-17-13(18)14(19)20-5-2/h6-8H,4-5,9H2,1-3H3. The quantitative estimate of drug-likeness (QED) is 0.777. The molecule has 20 heavy (non-hydrogen) atoms. The van der Waals surface area contributed by atoms with Crippen molar-refractivity contribution in [3.05, 3.63) is 41.2 Å². The van der Waals surface area contributed by atoms with E-state index in [9.17, 15) is 4.79 Å². The van der Waals surface area contributed by atoms with Gasteiger partial charge in [0.2, 0.25) is 5.82 Å². The Bertz CT molecular complexity index is 607. The average molecular weight is 274 g/mol. The van der Waals surface area contributed by atoms with E-state index in [2.05, 4.69) is 22.1 Å². The summed E-state index contributed by atoms with van der Waals surface area (Å²) in [6.07, 6.45) is 2.64. The minimum absolute atomic E-state index is 0.219. The van der Waals surface area contributed by atoms with E-state index in [1.807, 2.05) is 19.1 Å². The Kier molecular flexibility index (Phi) is 4.45. The van der Waals surface area contributed by atoms with Gasteiger partial charge in [-0.15, -0.1) is 10.2 Å². The largest absolute Gasteiger partial charge is 0.460 e. The molecule has 0 fully saturated rings. The van der Waals surface area contributed by atoms with Gasteiger partial charge in [-0.3, -0.25) is 9.55 Å². The Labute approximate surface area is 117 Å². The monoisotopic (exact) mass is 274 g/mol. The van der Waals surface area contributed by atoms with Crippen LogP contribution in [0.1, 0.15) is 41.5 Å². The highest BCUT2D eigenvalue weighted by molar-refractivity contribution is 5.85. The minimum atomic E-state index is -0.456. The van der Waals surface area contributed by atoms with Gasteiger partial charge in [-0.2, -0.15) is 0 Å². The first-order chi connectivity index (χ1) is 9.67.